The van der Waals surface area contributed by atoms with Gasteiger partial charge in [-0.15, -0.1) is 11.3 Å². The molecule has 2 aromatic rings. The van der Waals surface area contributed by atoms with Gasteiger partial charge in [0.2, 0.25) is 5.91 Å². The van der Waals surface area contributed by atoms with Crippen LogP contribution in [0.15, 0.2) is 29.6 Å². The van der Waals surface area contributed by atoms with Crippen LogP contribution in [0.4, 0.5) is 4.39 Å². The maximum atomic E-state index is 13.2. The molecule has 112 valence electrons. The zero-order chi connectivity index (χ0) is 15.5. The van der Waals surface area contributed by atoms with Gasteiger partial charge in [0.05, 0.1) is 12.1 Å². The van der Waals surface area contributed by atoms with Gasteiger partial charge < -0.3 is 5.32 Å². The molecule has 0 atom stereocenters. The Morgan fingerprint density at radius 2 is 2.19 bits per heavy atom. The highest BCUT2D eigenvalue weighted by Gasteiger charge is 2.18. The van der Waals surface area contributed by atoms with Crippen molar-refractivity contribution < 1.29 is 9.18 Å². The highest BCUT2D eigenvalue weighted by Crippen LogP contribution is 2.24. The third kappa shape index (κ3) is 4.36. The Balaban J connectivity index is 2.05. The van der Waals surface area contributed by atoms with Crippen LogP contribution in [0.25, 0.3) is 10.6 Å². The Kier molecular flexibility index (Phi) is 4.73. The average Bonchev–Trinajstić information content (AvgIpc) is 2.86. The van der Waals surface area contributed by atoms with Gasteiger partial charge in [-0.1, -0.05) is 19.1 Å². The fourth-order valence-corrected chi connectivity index (χ4v) is 2.63. The molecule has 0 spiro atoms. The smallest absolute Gasteiger partial charge is 0.226 e. The molecular weight excluding hydrogens is 287 g/mol. The molecule has 2 rings (SSSR count). The predicted molar refractivity (Wildman–Crippen MR) is 83.7 cm³/mol. The Bertz CT molecular complexity index is 637. The summed E-state index contributed by atoms with van der Waals surface area (Å²) in [5.41, 5.74) is 1.24. The number of halogens is 1. The van der Waals surface area contributed by atoms with Crippen molar-refractivity contribution in [2.24, 2.45) is 0 Å². The minimum absolute atomic E-state index is 0.0436. The number of thiazole rings is 1. The number of hydrogen-bond acceptors (Lipinski definition) is 3. The molecule has 1 aromatic carbocycles. The van der Waals surface area contributed by atoms with Gasteiger partial charge >= 0.3 is 0 Å². The van der Waals surface area contributed by atoms with E-state index >= 15 is 0 Å². The van der Waals surface area contributed by atoms with E-state index in [-0.39, 0.29) is 23.7 Å². The van der Waals surface area contributed by atoms with E-state index in [0.29, 0.717) is 5.69 Å². The molecule has 1 aromatic heterocycles. The molecule has 1 N–H and O–H groups in total. The van der Waals surface area contributed by atoms with E-state index in [1.165, 1.54) is 23.5 Å². The van der Waals surface area contributed by atoms with Crippen LogP contribution >= 0.6 is 11.3 Å². The lowest BCUT2D eigenvalue weighted by Gasteiger charge is -2.24. The molecule has 1 amide bonds. The van der Waals surface area contributed by atoms with Crippen molar-refractivity contribution >= 4 is 17.2 Å². The standard InChI is InChI=1S/C16H19FN2OS/c1-4-16(2,3)19-14(20)9-13-10-21-15(18-13)11-6-5-7-12(17)8-11/h5-8,10H,4,9H2,1-3H3,(H,19,20). The van der Waals surface area contributed by atoms with Crippen LogP contribution < -0.4 is 5.32 Å². The minimum Gasteiger partial charge on any atom is -0.351 e. The molecular formula is C16H19FN2OS. The van der Waals surface area contributed by atoms with E-state index in [2.05, 4.69) is 10.3 Å². The van der Waals surface area contributed by atoms with Gasteiger partial charge in [0.1, 0.15) is 10.8 Å². The van der Waals surface area contributed by atoms with E-state index in [1.54, 1.807) is 6.07 Å². The summed E-state index contributed by atoms with van der Waals surface area (Å²) in [4.78, 5) is 16.4. The number of hydrogen-bond donors (Lipinski definition) is 1. The summed E-state index contributed by atoms with van der Waals surface area (Å²) in [7, 11) is 0. The second-order valence-corrected chi connectivity index (χ2v) is 6.47. The molecule has 21 heavy (non-hydrogen) atoms. The molecule has 0 saturated carbocycles. The quantitative estimate of drug-likeness (QED) is 0.913. The number of benzene rings is 1. The van der Waals surface area contributed by atoms with Crippen LogP contribution in [-0.4, -0.2) is 16.4 Å². The Hall–Kier alpha value is -1.75. The first-order valence-electron chi connectivity index (χ1n) is 6.91. The average molecular weight is 306 g/mol. The van der Waals surface area contributed by atoms with Gasteiger partial charge in [-0.2, -0.15) is 0 Å². The van der Waals surface area contributed by atoms with E-state index in [0.717, 1.165) is 17.0 Å². The largest absolute Gasteiger partial charge is 0.351 e. The molecule has 1 heterocycles. The monoisotopic (exact) mass is 306 g/mol. The number of aromatic nitrogens is 1. The van der Waals surface area contributed by atoms with Crippen molar-refractivity contribution in [3.63, 3.8) is 0 Å². The summed E-state index contributed by atoms with van der Waals surface area (Å²) in [5, 5.41) is 5.55. The van der Waals surface area contributed by atoms with Gasteiger partial charge in [-0.25, -0.2) is 9.37 Å². The van der Waals surface area contributed by atoms with Crippen molar-refractivity contribution in [2.75, 3.05) is 0 Å². The maximum Gasteiger partial charge on any atom is 0.226 e. The van der Waals surface area contributed by atoms with Crippen LogP contribution in [0, 0.1) is 5.82 Å². The number of amides is 1. The van der Waals surface area contributed by atoms with Crippen molar-refractivity contribution in [3.05, 3.63) is 41.2 Å². The fourth-order valence-electron chi connectivity index (χ4n) is 1.82. The Morgan fingerprint density at radius 3 is 2.86 bits per heavy atom. The first-order chi connectivity index (χ1) is 9.89. The van der Waals surface area contributed by atoms with E-state index < -0.39 is 0 Å². The minimum atomic E-state index is -0.285. The van der Waals surface area contributed by atoms with Gasteiger partial charge in [0, 0.05) is 16.5 Å². The second kappa shape index (κ2) is 6.35. The van der Waals surface area contributed by atoms with Gasteiger partial charge in [0.25, 0.3) is 0 Å². The van der Waals surface area contributed by atoms with E-state index in [9.17, 15) is 9.18 Å². The number of carbonyl (C=O) groups is 1. The summed E-state index contributed by atoms with van der Waals surface area (Å²) >= 11 is 1.42. The molecule has 0 bridgehead atoms. The molecule has 0 aliphatic rings. The predicted octanol–water partition coefficient (Wildman–Crippen LogP) is 3.80. The summed E-state index contributed by atoms with van der Waals surface area (Å²) in [5.74, 6) is -0.329. The Morgan fingerprint density at radius 1 is 1.43 bits per heavy atom. The van der Waals surface area contributed by atoms with Crippen LogP contribution in [-0.2, 0) is 11.2 Å². The normalized spacial score (nSPS) is 11.4. The lowest BCUT2D eigenvalue weighted by molar-refractivity contribution is -0.122. The first kappa shape index (κ1) is 15.6. The van der Waals surface area contributed by atoms with Crippen LogP contribution in [0.5, 0.6) is 0 Å². The zero-order valence-electron chi connectivity index (χ0n) is 12.4. The maximum absolute atomic E-state index is 13.2. The molecule has 0 fully saturated rings. The fraction of sp³-hybridized carbons (Fsp3) is 0.375. The van der Waals surface area contributed by atoms with E-state index in [1.807, 2.05) is 32.2 Å². The molecule has 0 aliphatic carbocycles. The van der Waals surface area contributed by atoms with Crippen LogP contribution in [0.1, 0.15) is 32.9 Å². The number of carbonyl (C=O) groups excluding carboxylic acids is 1. The van der Waals surface area contributed by atoms with Crippen molar-refractivity contribution in [2.45, 2.75) is 39.2 Å². The molecule has 5 heteroatoms. The van der Waals surface area contributed by atoms with Crippen LogP contribution in [0.3, 0.4) is 0 Å². The number of nitrogens with one attached hydrogen (secondary N) is 1. The third-order valence-electron chi connectivity index (χ3n) is 3.33. The summed E-state index contributed by atoms with van der Waals surface area (Å²) < 4.78 is 13.2. The second-order valence-electron chi connectivity index (χ2n) is 5.62. The summed E-state index contributed by atoms with van der Waals surface area (Å²) in [6, 6.07) is 6.31. The van der Waals surface area contributed by atoms with Gasteiger partial charge in [-0.05, 0) is 32.4 Å². The highest BCUT2D eigenvalue weighted by molar-refractivity contribution is 7.13. The summed E-state index contributed by atoms with van der Waals surface area (Å²) in [6.07, 6.45) is 1.11. The molecule has 0 radical (unpaired) electrons. The topological polar surface area (TPSA) is 42.0 Å². The van der Waals surface area contributed by atoms with Crippen LogP contribution in [0.2, 0.25) is 0 Å². The lowest BCUT2D eigenvalue weighted by atomic mass is 10.0. The van der Waals surface area contributed by atoms with E-state index in [4.69, 9.17) is 0 Å². The zero-order valence-corrected chi connectivity index (χ0v) is 13.3. The SMILES string of the molecule is CCC(C)(C)NC(=O)Cc1csc(-c2cccc(F)c2)n1. The molecule has 0 aliphatic heterocycles. The summed E-state index contributed by atoms with van der Waals surface area (Å²) in [6.45, 7) is 6.01. The molecule has 3 nitrogen and oxygen atoms in total. The Labute approximate surface area is 128 Å². The molecule has 0 saturated heterocycles. The lowest BCUT2D eigenvalue weighted by Crippen LogP contribution is -2.43. The first-order valence-corrected chi connectivity index (χ1v) is 7.79. The third-order valence-corrected chi connectivity index (χ3v) is 4.27. The van der Waals surface area contributed by atoms with Crippen molar-refractivity contribution in [1.82, 2.24) is 10.3 Å². The molecule has 0 unspecified atom stereocenters. The van der Waals surface area contributed by atoms with Crippen molar-refractivity contribution in [3.8, 4) is 10.6 Å². The number of nitrogens with zero attached hydrogens (tertiary/aromatic N) is 1. The van der Waals surface area contributed by atoms with Crippen molar-refractivity contribution in [1.29, 1.82) is 0 Å². The highest BCUT2D eigenvalue weighted by atomic mass is 32.1. The number of rotatable bonds is 5. The van der Waals surface area contributed by atoms with Gasteiger partial charge in [0.15, 0.2) is 0 Å². The van der Waals surface area contributed by atoms with Gasteiger partial charge in [-0.3, -0.25) is 4.79 Å².